The molecule has 2 aromatic heterocycles. The Morgan fingerprint density at radius 1 is 1.21 bits per heavy atom. The molecule has 0 saturated carbocycles. The first kappa shape index (κ1) is 20.2. The number of aromatic nitrogens is 1. The van der Waals surface area contributed by atoms with E-state index < -0.39 is 0 Å². The lowest BCUT2D eigenvalue weighted by Gasteiger charge is -2.32. The number of amides is 1. The highest BCUT2D eigenvalue weighted by molar-refractivity contribution is 7.12. The molecular weight excluding hydrogens is 378 g/mol. The summed E-state index contributed by atoms with van der Waals surface area (Å²) >= 11 is 1.47. The highest BCUT2D eigenvalue weighted by Gasteiger charge is 2.22. The van der Waals surface area contributed by atoms with Crippen LogP contribution in [0.25, 0.3) is 10.9 Å². The van der Waals surface area contributed by atoms with Crippen LogP contribution in [0.1, 0.15) is 66.6 Å². The minimum Gasteiger partial charge on any atom is -0.361 e. The van der Waals surface area contributed by atoms with Crippen LogP contribution in [-0.4, -0.2) is 35.4 Å². The van der Waals surface area contributed by atoms with E-state index in [1.807, 2.05) is 23.6 Å². The van der Waals surface area contributed by atoms with Crippen molar-refractivity contribution < 1.29 is 4.79 Å². The summed E-state index contributed by atoms with van der Waals surface area (Å²) in [5.41, 5.74) is 3.42. The number of nitrogens with zero attached hydrogens (tertiary/aromatic N) is 1. The summed E-state index contributed by atoms with van der Waals surface area (Å²) in [4.78, 5) is 19.2. The van der Waals surface area contributed by atoms with Gasteiger partial charge in [-0.15, -0.1) is 11.3 Å². The Bertz CT molecular complexity index is 923. The normalized spacial score (nSPS) is 15.8. The fourth-order valence-corrected chi connectivity index (χ4v) is 5.01. The van der Waals surface area contributed by atoms with Crippen molar-refractivity contribution in [2.24, 2.45) is 0 Å². The van der Waals surface area contributed by atoms with Gasteiger partial charge in [-0.25, -0.2) is 0 Å². The van der Waals surface area contributed by atoms with Crippen LogP contribution in [0.15, 0.2) is 41.9 Å². The number of unbranched alkanes of at least 4 members (excludes halogenated alkanes) is 3. The van der Waals surface area contributed by atoms with Gasteiger partial charge in [0.1, 0.15) is 0 Å². The first-order valence-electron chi connectivity index (χ1n) is 10.9. The first-order chi connectivity index (χ1) is 14.2. The fourth-order valence-electron chi connectivity index (χ4n) is 4.39. The van der Waals surface area contributed by atoms with Crippen molar-refractivity contribution in [1.29, 1.82) is 0 Å². The van der Waals surface area contributed by atoms with Crippen molar-refractivity contribution in [2.45, 2.75) is 51.4 Å². The smallest absolute Gasteiger partial charge is 0.265 e. The van der Waals surface area contributed by atoms with Crippen molar-refractivity contribution in [3.8, 4) is 0 Å². The van der Waals surface area contributed by atoms with E-state index in [-0.39, 0.29) is 5.91 Å². The number of hydrogen-bond acceptors (Lipinski definition) is 3. The Morgan fingerprint density at radius 3 is 2.83 bits per heavy atom. The molecule has 4 rings (SSSR count). The van der Waals surface area contributed by atoms with Crippen LogP contribution in [0.3, 0.4) is 0 Å². The molecule has 1 aliphatic rings. The number of rotatable bonds is 8. The number of nitrogens with one attached hydrogen (secondary N) is 2. The number of benzene rings is 1. The van der Waals surface area contributed by atoms with Crippen LogP contribution < -0.4 is 5.32 Å². The molecule has 0 aliphatic carbocycles. The predicted octanol–water partition coefficient (Wildman–Crippen LogP) is 6.24. The van der Waals surface area contributed by atoms with Gasteiger partial charge in [0.15, 0.2) is 0 Å². The summed E-state index contributed by atoms with van der Waals surface area (Å²) in [5.74, 6) is 0.562. The van der Waals surface area contributed by atoms with Crippen LogP contribution in [0, 0.1) is 0 Å². The van der Waals surface area contributed by atoms with E-state index in [2.05, 4.69) is 40.5 Å². The molecule has 0 atom stereocenters. The number of likely N-dealkylation sites (tertiary alicyclic amines) is 1. The summed E-state index contributed by atoms with van der Waals surface area (Å²) in [6.07, 6.45) is 9.96. The molecule has 2 N–H and O–H groups in total. The van der Waals surface area contributed by atoms with Crippen molar-refractivity contribution in [1.82, 2.24) is 9.88 Å². The molecule has 1 fully saturated rings. The first-order valence-corrected chi connectivity index (χ1v) is 11.8. The molecule has 0 spiro atoms. The van der Waals surface area contributed by atoms with Gasteiger partial charge in [0, 0.05) is 22.8 Å². The largest absolute Gasteiger partial charge is 0.361 e. The van der Waals surface area contributed by atoms with Crippen LogP contribution >= 0.6 is 11.3 Å². The van der Waals surface area contributed by atoms with E-state index in [0.29, 0.717) is 5.92 Å². The van der Waals surface area contributed by atoms with Gasteiger partial charge in [-0.05, 0) is 80.0 Å². The number of carbonyl (C=O) groups is 1. The Hall–Kier alpha value is -2.11. The summed E-state index contributed by atoms with van der Waals surface area (Å²) in [6.45, 7) is 5.90. The lowest BCUT2D eigenvalue weighted by atomic mass is 9.89. The standard InChI is InChI=1S/C24H31N3OS/c1-2-3-4-5-12-27-13-10-18(11-14-27)21-17-25-22-9-8-19(16-20(21)22)26-24(28)23-7-6-15-29-23/h6-9,15-18,25H,2-5,10-14H2,1H3,(H,26,28). The van der Waals surface area contributed by atoms with E-state index >= 15 is 0 Å². The number of H-pyrrole nitrogens is 1. The minimum atomic E-state index is -0.0344. The van der Waals surface area contributed by atoms with Gasteiger partial charge in [0.25, 0.3) is 5.91 Å². The van der Waals surface area contributed by atoms with Crippen molar-refractivity contribution in [3.63, 3.8) is 0 Å². The molecule has 5 heteroatoms. The Morgan fingerprint density at radius 2 is 2.07 bits per heavy atom. The average Bonchev–Trinajstić information content (AvgIpc) is 3.42. The van der Waals surface area contributed by atoms with E-state index in [1.54, 1.807) is 0 Å². The fraction of sp³-hybridized carbons (Fsp3) is 0.458. The molecule has 3 heterocycles. The zero-order valence-electron chi connectivity index (χ0n) is 17.2. The molecule has 1 saturated heterocycles. The van der Waals surface area contributed by atoms with Gasteiger partial charge in [-0.3, -0.25) is 4.79 Å². The molecule has 1 aromatic carbocycles. The second-order valence-corrected chi connectivity index (χ2v) is 9.06. The zero-order chi connectivity index (χ0) is 20.1. The molecule has 29 heavy (non-hydrogen) atoms. The predicted molar refractivity (Wildman–Crippen MR) is 123 cm³/mol. The number of hydrogen-bond donors (Lipinski definition) is 2. The molecule has 0 radical (unpaired) electrons. The monoisotopic (exact) mass is 409 g/mol. The second kappa shape index (κ2) is 9.59. The maximum absolute atomic E-state index is 12.4. The summed E-state index contributed by atoms with van der Waals surface area (Å²) in [5, 5.41) is 6.22. The third kappa shape index (κ3) is 4.90. The number of anilines is 1. The van der Waals surface area contributed by atoms with Gasteiger partial charge in [0.2, 0.25) is 0 Å². The Balaban J connectivity index is 1.40. The zero-order valence-corrected chi connectivity index (χ0v) is 18.1. The number of piperidine rings is 1. The number of fused-ring (bicyclic) bond motifs is 1. The molecule has 154 valence electrons. The molecule has 4 nitrogen and oxygen atoms in total. The number of thiophene rings is 1. The maximum Gasteiger partial charge on any atom is 0.265 e. The SMILES string of the molecule is CCCCCCN1CCC(c2c[nH]c3ccc(NC(=O)c4cccs4)cc23)CC1. The third-order valence-electron chi connectivity index (χ3n) is 6.07. The van der Waals surface area contributed by atoms with Crippen molar-refractivity contribution >= 4 is 33.8 Å². The van der Waals surface area contributed by atoms with Crippen molar-refractivity contribution in [2.75, 3.05) is 25.0 Å². The van der Waals surface area contributed by atoms with Crippen molar-refractivity contribution in [3.05, 3.63) is 52.3 Å². The highest BCUT2D eigenvalue weighted by atomic mass is 32.1. The van der Waals surface area contributed by atoms with E-state index in [0.717, 1.165) is 16.1 Å². The van der Waals surface area contributed by atoms with Crippen LogP contribution in [-0.2, 0) is 0 Å². The lowest BCUT2D eigenvalue weighted by Crippen LogP contribution is -2.33. The quantitative estimate of drug-likeness (QED) is 0.433. The summed E-state index contributed by atoms with van der Waals surface area (Å²) in [7, 11) is 0. The topological polar surface area (TPSA) is 48.1 Å². The Kier molecular flexibility index (Phi) is 6.67. The minimum absolute atomic E-state index is 0.0344. The molecule has 1 amide bonds. The summed E-state index contributed by atoms with van der Waals surface area (Å²) < 4.78 is 0. The molecule has 1 aliphatic heterocycles. The molecule has 0 unspecified atom stereocenters. The van der Waals surface area contributed by atoms with Gasteiger partial charge in [-0.1, -0.05) is 32.3 Å². The van der Waals surface area contributed by atoms with Crippen LogP contribution in [0.4, 0.5) is 5.69 Å². The highest BCUT2D eigenvalue weighted by Crippen LogP contribution is 2.34. The average molecular weight is 410 g/mol. The Labute approximate surface area is 177 Å². The summed E-state index contributed by atoms with van der Waals surface area (Å²) in [6, 6.07) is 9.95. The molecule has 0 bridgehead atoms. The molecular formula is C24H31N3OS. The third-order valence-corrected chi connectivity index (χ3v) is 6.94. The second-order valence-electron chi connectivity index (χ2n) is 8.11. The van der Waals surface area contributed by atoms with Crippen LogP contribution in [0.5, 0.6) is 0 Å². The molecule has 3 aromatic rings. The maximum atomic E-state index is 12.4. The van der Waals surface area contributed by atoms with Crippen LogP contribution in [0.2, 0.25) is 0 Å². The van der Waals surface area contributed by atoms with Gasteiger partial charge in [-0.2, -0.15) is 0 Å². The van der Waals surface area contributed by atoms with E-state index in [9.17, 15) is 4.79 Å². The van der Waals surface area contributed by atoms with Gasteiger partial charge in [0.05, 0.1) is 4.88 Å². The van der Waals surface area contributed by atoms with Gasteiger partial charge >= 0.3 is 0 Å². The number of aromatic amines is 1. The van der Waals surface area contributed by atoms with E-state index in [1.165, 1.54) is 80.4 Å². The number of carbonyl (C=O) groups excluding carboxylic acids is 1. The van der Waals surface area contributed by atoms with E-state index in [4.69, 9.17) is 0 Å². The lowest BCUT2D eigenvalue weighted by molar-refractivity contribution is 0.103. The van der Waals surface area contributed by atoms with Gasteiger partial charge < -0.3 is 15.2 Å².